The largest absolute Gasteiger partial charge is 0.390 e. The van der Waals surface area contributed by atoms with Crippen LogP contribution in [0.5, 0.6) is 0 Å². The highest BCUT2D eigenvalue weighted by atomic mass is 16.3. The number of hydrogen-bond donors (Lipinski definition) is 1. The first-order chi connectivity index (χ1) is 11.8. The summed E-state index contributed by atoms with van der Waals surface area (Å²) < 4.78 is 1.78. The number of rotatable bonds is 3. The minimum atomic E-state index is -0.393. The van der Waals surface area contributed by atoms with Crippen LogP contribution in [0.15, 0.2) is 49.2 Å². The van der Waals surface area contributed by atoms with Crippen molar-refractivity contribution in [3.63, 3.8) is 0 Å². The molecule has 124 valence electrons. The summed E-state index contributed by atoms with van der Waals surface area (Å²) in [4.78, 5) is 12.9. The molecule has 0 aliphatic carbocycles. The summed E-state index contributed by atoms with van der Waals surface area (Å²) in [5.74, 6) is 0. The summed E-state index contributed by atoms with van der Waals surface area (Å²) in [7, 11) is 0. The van der Waals surface area contributed by atoms with Crippen molar-refractivity contribution in [3.8, 4) is 0 Å². The molecule has 7 heteroatoms. The van der Waals surface area contributed by atoms with Crippen molar-refractivity contribution in [2.24, 2.45) is 0 Å². The first-order valence-electron chi connectivity index (χ1n) is 8.12. The first-order valence-corrected chi connectivity index (χ1v) is 8.12. The van der Waals surface area contributed by atoms with Gasteiger partial charge in [0.05, 0.1) is 12.3 Å². The molecule has 0 saturated carbocycles. The predicted molar refractivity (Wildman–Crippen MR) is 90.7 cm³/mol. The fourth-order valence-corrected chi connectivity index (χ4v) is 3.22. The van der Waals surface area contributed by atoms with E-state index >= 15 is 0 Å². The summed E-state index contributed by atoms with van der Waals surface area (Å²) in [5, 5.41) is 14.7. The summed E-state index contributed by atoms with van der Waals surface area (Å²) in [5.41, 5.74) is 3.06. The van der Waals surface area contributed by atoms with Crippen LogP contribution in [-0.2, 0) is 6.54 Å². The Morgan fingerprint density at radius 2 is 2.00 bits per heavy atom. The number of aromatic nitrogens is 4. The molecule has 3 aromatic heterocycles. The van der Waals surface area contributed by atoms with Crippen LogP contribution in [0.1, 0.15) is 5.56 Å². The molecule has 7 nitrogen and oxygen atoms in total. The van der Waals surface area contributed by atoms with E-state index < -0.39 is 6.10 Å². The number of anilines is 1. The van der Waals surface area contributed by atoms with Gasteiger partial charge in [0.25, 0.3) is 0 Å². The Balaban J connectivity index is 1.49. The van der Waals surface area contributed by atoms with Gasteiger partial charge in [0, 0.05) is 68.8 Å². The minimum Gasteiger partial charge on any atom is -0.390 e. The van der Waals surface area contributed by atoms with E-state index in [0.717, 1.165) is 36.5 Å². The molecule has 1 aliphatic rings. The van der Waals surface area contributed by atoms with Gasteiger partial charge in [-0.1, -0.05) is 0 Å². The van der Waals surface area contributed by atoms with E-state index in [-0.39, 0.29) is 0 Å². The third-order valence-electron chi connectivity index (χ3n) is 4.36. The molecule has 1 fully saturated rings. The molecule has 0 amide bonds. The highest BCUT2D eigenvalue weighted by Crippen LogP contribution is 2.17. The Morgan fingerprint density at radius 3 is 2.88 bits per heavy atom. The van der Waals surface area contributed by atoms with Crippen LogP contribution < -0.4 is 4.90 Å². The lowest BCUT2D eigenvalue weighted by Gasteiger charge is -2.23. The van der Waals surface area contributed by atoms with Gasteiger partial charge in [0.15, 0.2) is 5.65 Å². The maximum Gasteiger partial charge on any atom is 0.159 e. The van der Waals surface area contributed by atoms with E-state index in [9.17, 15) is 5.11 Å². The quantitative estimate of drug-likeness (QED) is 0.769. The fourth-order valence-electron chi connectivity index (χ4n) is 3.22. The summed E-state index contributed by atoms with van der Waals surface area (Å²) >= 11 is 0. The third-order valence-corrected chi connectivity index (χ3v) is 4.36. The van der Waals surface area contributed by atoms with Gasteiger partial charge < -0.3 is 10.0 Å². The number of aliphatic hydroxyl groups is 1. The van der Waals surface area contributed by atoms with Gasteiger partial charge in [-0.2, -0.15) is 5.10 Å². The first kappa shape index (κ1) is 15.0. The average molecular weight is 324 g/mol. The van der Waals surface area contributed by atoms with Gasteiger partial charge in [-0.05, 0) is 18.2 Å². The van der Waals surface area contributed by atoms with Crippen LogP contribution in [0.3, 0.4) is 0 Å². The van der Waals surface area contributed by atoms with Gasteiger partial charge >= 0.3 is 0 Å². The van der Waals surface area contributed by atoms with Crippen LogP contribution >= 0.6 is 0 Å². The third kappa shape index (κ3) is 3.08. The zero-order valence-electron chi connectivity index (χ0n) is 13.4. The van der Waals surface area contributed by atoms with Crippen molar-refractivity contribution in [2.75, 3.05) is 31.1 Å². The highest BCUT2D eigenvalue weighted by molar-refractivity contribution is 5.46. The van der Waals surface area contributed by atoms with Crippen LogP contribution in [0.2, 0.25) is 0 Å². The Morgan fingerprint density at radius 1 is 1.12 bits per heavy atom. The molecule has 1 atom stereocenters. The van der Waals surface area contributed by atoms with Crippen molar-refractivity contribution in [1.29, 1.82) is 0 Å². The highest BCUT2D eigenvalue weighted by Gasteiger charge is 2.22. The van der Waals surface area contributed by atoms with Gasteiger partial charge in [0.1, 0.15) is 0 Å². The maximum absolute atomic E-state index is 10.4. The van der Waals surface area contributed by atoms with E-state index in [2.05, 4.69) is 24.9 Å². The van der Waals surface area contributed by atoms with Gasteiger partial charge in [0.2, 0.25) is 0 Å². The van der Waals surface area contributed by atoms with Gasteiger partial charge in [-0.15, -0.1) is 0 Å². The molecule has 0 aromatic carbocycles. The van der Waals surface area contributed by atoms with E-state index in [4.69, 9.17) is 0 Å². The van der Waals surface area contributed by atoms with E-state index in [1.807, 2.05) is 30.6 Å². The van der Waals surface area contributed by atoms with E-state index in [1.165, 1.54) is 0 Å². The van der Waals surface area contributed by atoms with Crippen LogP contribution in [0.25, 0.3) is 5.65 Å². The van der Waals surface area contributed by atoms with Gasteiger partial charge in [-0.25, -0.2) is 9.50 Å². The molecule has 3 aromatic rings. The van der Waals surface area contributed by atoms with Crippen LogP contribution in [0, 0.1) is 0 Å². The number of pyridine rings is 1. The smallest absolute Gasteiger partial charge is 0.159 e. The van der Waals surface area contributed by atoms with Crippen molar-refractivity contribution < 1.29 is 5.11 Å². The second-order valence-corrected chi connectivity index (χ2v) is 6.10. The van der Waals surface area contributed by atoms with Crippen molar-refractivity contribution >= 4 is 11.3 Å². The average Bonchev–Trinajstić information content (AvgIpc) is 2.92. The molecule has 1 saturated heterocycles. The number of β-amino-alcohol motifs (C(OH)–C–C–N with tert-alkyl or cyclic N) is 1. The molecule has 1 N–H and O–H groups in total. The molecule has 4 heterocycles. The van der Waals surface area contributed by atoms with E-state index in [1.54, 1.807) is 23.1 Å². The normalized spacial score (nSPS) is 19.5. The van der Waals surface area contributed by atoms with Crippen molar-refractivity contribution in [1.82, 2.24) is 24.5 Å². The Kier molecular flexibility index (Phi) is 4.10. The Labute approximate surface area is 140 Å². The Bertz CT molecular complexity index is 805. The zero-order chi connectivity index (χ0) is 16.4. The van der Waals surface area contributed by atoms with Gasteiger partial charge in [-0.3, -0.25) is 9.88 Å². The summed E-state index contributed by atoms with van der Waals surface area (Å²) in [6, 6.07) is 5.83. The maximum atomic E-state index is 10.4. The monoisotopic (exact) mass is 324 g/mol. The summed E-state index contributed by atoms with van der Waals surface area (Å²) in [6.07, 6.45) is 8.72. The minimum absolute atomic E-state index is 0.393. The fraction of sp³-hybridized carbons (Fsp3) is 0.353. The lowest BCUT2D eigenvalue weighted by atomic mass is 10.2. The van der Waals surface area contributed by atoms with Crippen LogP contribution in [-0.4, -0.2) is 61.9 Å². The lowest BCUT2D eigenvalue weighted by molar-refractivity contribution is 0.129. The number of nitrogens with zero attached hydrogens (tertiary/aromatic N) is 6. The molecule has 1 unspecified atom stereocenters. The molecular formula is C17H20N6O. The molecule has 0 spiro atoms. The second kappa shape index (κ2) is 6.54. The molecular weight excluding hydrogens is 304 g/mol. The number of fused-ring (bicyclic) bond motifs is 1. The Hall–Kier alpha value is -2.51. The van der Waals surface area contributed by atoms with Crippen molar-refractivity contribution in [2.45, 2.75) is 12.6 Å². The molecule has 0 radical (unpaired) electrons. The van der Waals surface area contributed by atoms with E-state index in [0.29, 0.717) is 13.1 Å². The predicted octanol–water partition coefficient (Wildman–Crippen LogP) is 0.807. The number of hydrogen-bond acceptors (Lipinski definition) is 6. The molecule has 24 heavy (non-hydrogen) atoms. The number of aliphatic hydroxyl groups excluding tert-OH is 1. The van der Waals surface area contributed by atoms with Crippen molar-refractivity contribution in [3.05, 3.63) is 54.7 Å². The summed E-state index contributed by atoms with van der Waals surface area (Å²) in [6.45, 7) is 3.76. The van der Waals surface area contributed by atoms with Crippen LogP contribution in [0.4, 0.5) is 5.69 Å². The molecule has 4 rings (SSSR count). The standard InChI is InChI=1S/C17H20N6O/c24-16-12-21(8-9-22(13-16)15-2-5-18-6-3-15)11-14-10-20-23-7-1-4-19-17(14)23/h1-7,10,16,24H,8-9,11-13H2. The zero-order valence-corrected chi connectivity index (χ0v) is 13.4. The molecule has 0 bridgehead atoms. The molecule has 1 aliphatic heterocycles. The SMILES string of the molecule is OC1CN(Cc2cnn3cccnc23)CCN(c2ccncc2)C1. The topological polar surface area (TPSA) is 69.8 Å². The second-order valence-electron chi connectivity index (χ2n) is 6.10. The lowest BCUT2D eigenvalue weighted by Crippen LogP contribution is -2.33.